The predicted molar refractivity (Wildman–Crippen MR) is 55.9 cm³/mol. The molecule has 1 atom stereocenters. The highest BCUT2D eigenvalue weighted by atomic mass is 32.2. The number of aliphatic carboxylic acids is 2. The minimum Gasteiger partial charge on any atom is -0.481 e. The Labute approximate surface area is 102 Å². The van der Waals surface area contributed by atoms with Crippen LogP contribution in [0.3, 0.4) is 0 Å². The second-order valence-corrected chi connectivity index (χ2v) is 4.48. The van der Waals surface area contributed by atoms with Gasteiger partial charge < -0.3 is 14.9 Å². The number of rotatable bonds is 7. The summed E-state index contributed by atoms with van der Waals surface area (Å²) in [5.74, 6) is -2.84. The molecule has 4 N–H and O–H groups in total. The van der Waals surface area contributed by atoms with Gasteiger partial charge in [0.1, 0.15) is 6.04 Å². The first-order chi connectivity index (χ1) is 8.18. The molecule has 0 saturated heterocycles. The zero-order chi connectivity index (χ0) is 14.3. The fourth-order valence-corrected chi connectivity index (χ4v) is 1.82. The Morgan fingerprint density at radius 1 is 1.28 bits per heavy atom. The van der Waals surface area contributed by atoms with E-state index in [9.17, 15) is 22.8 Å². The van der Waals surface area contributed by atoms with Crippen LogP contribution >= 0.6 is 0 Å². The van der Waals surface area contributed by atoms with Crippen LogP contribution < -0.4 is 9.44 Å². The number of carbonyl (C=O) groups excluding carboxylic acids is 1. The van der Waals surface area contributed by atoms with Crippen LogP contribution in [0.2, 0.25) is 0 Å². The summed E-state index contributed by atoms with van der Waals surface area (Å²) in [4.78, 5) is 31.6. The van der Waals surface area contributed by atoms with E-state index in [1.54, 1.807) is 4.72 Å². The molecule has 0 aliphatic heterocycles. The zero-order valence-corrected chi connectivity index (χ0v) is 10.1. The fraction of sp³-hybridized carbons (Fsp3) is 0.571. The second kappa shape index (κ2) is 6.76. The summed E-state index contributed by atoms with van der Waals surface area (Å²) in [6.07, 6.45) is -2.31. The van der Waals surface area contributed by atoms with Crippen molar-refractivity contribution in [1.82, 2.24) is 9.44 Å². The summed E-state index contributed by atoms with van der Waals surface area (Å²) in [5, 5.41) is 17.0. The maximum Gasteiger partial charge on any atom is 0.421 e. The van der Waals surface area contributed by atoms with Crippen LogP contribution in [0.5, 0.6) is 0 Å². The molecule has 18 heavy (non-hydrogen) atoms. The number of ether oxygens (including phenoxy) is 1. The normalized spacial score (nSPS) is 12.5. The first kappa shape index (κ1) is 16.1. The van der Waals surface area contributed by atoms with Crippen LogP contribution in [0.1, 0.15) is 12.8 Å². The highest BCUT2D eigenvalue weighted by molar-refractivity contribution is 7.88. The van der Waals surface area contributed by atoms with Gasteiger partial charge in [-0.1, -0.05) is 0 Å². The number of nitrogens with one attached hydrogen (secondary N) is 2. The average molecular weight is 284 g/mol. The molecule has 0 rings (SSSR count). The van der Waals surface area contributed by atoms with Crippen molar-refractivity contribution in [2.75, 3.05) is 7.11 Å². The van der Waals surface area contributed by atoms with E-state index in [-0.39, 0.29) is 0 Å². The molecular weight excluding hydrogens is 272 g/mol. The number of hydrogen-bond donors (Lipinski definition) is 4. The average Bonchev–Trinajstić information content (AvgIpc) is 2.22. The van der Waals surface area contributed by atoms with Gasteiger partial charge in [-0.25, -0.2) is 9.52 Å². The van der Waals surface area contributed by atoms with Gasteiger partial charge in [0.05, 0.1) is 7.11 Å². The van der Waals surface area contributed by atoms with Crippen molar-refractivity contribution in [3.63, 3.8) is 0 Å². The maximum atomic E-state index is 11.2. The highest BCUT2D eigenvalue weighted by Crippen LogP contribution is 1.99. The van der Waals surface area contributed by atoms with E-state index < -0.39 is 47.1 Å². The van der Waals surface area contributed by atoms with Crippen LogP contribution in [-0.2, 0) is 24.5 Å². The van der Waals surface area contributed by atoms with Crippen LogP contribution in [0.4, 0.5) is 4.79 Å². The minimum atomic E-state index is -4.43. The Morgan fingerprint density at radius 3 is 2.22 bits per heavy atom. The number of carboxylic acids is 2. The molecule has 0 aromatic carbocycles. The van der Waals surface area contributed by atoms with E-state index in [0.717, 1.165) is 7.11 Å². The Morgan fingerprint density at radius 2 is 1.83 bits per heavy atom. The van der Waals surface area contributed by atoms with Crippen molar-refractivity contribution in [1.29, 1.82) is 0 Å². The van der Waals surface area contributed by atoms with E-state index in [4.69, 9.17) is 10.2 Å². The van der Waals surface area contributed by atoms with E-state index in [1.807, 2.05) is 0 Å². The molecule has 0 fully saturated rings. The Hall–Kier alpha value is -1.88. The second-order valence-electron chi connectivity index (χ2n) is 3.04. The number of carbonyl (C=O) groups is 3. The van der Waals surface area contributed by atoms with E-state index in [2.05, 4.69) is 4.74 Å². The first-order valence-corrected chi connectivity index (χ1v) is 5.99. The number of hydrogen-bond acceptors (Lipinski definition) is 6. The molecule has 0 aliphatic rings. The van der Waals surface area contributed by atoms with E-state index in [1.165, 1.54) is 4.72 Å². The lowest BCUT2D eigenvalue weighted by molar-refractivity contribution is -0.140. The summed E-state index contributed by atoms with van der Waals surface area (Å²) in [6, 6.07) is -1.66. The lowest BCUT2D eigenvalue weighted by Gasteiger charge is -2.13. The van der Waals surface area contributed by atoms with Gasteiger partial charge in [-0.3, -0.25) is 9.59 Å². The topological polar surface area (TPSA) is 159 Å². The standard InChI is InChI=1S/C7H12N2O8S/c1-17-7(14)9-18(15,16)8-4(6(12)13)2-3-5(10)11/h4,8H,2-3H2,1H3,(H,9,14)(H,10,11)(H,12,13). The molecule has 0 aliphatic carbocycles. The molecule has 0 heterocycles. The van der Waals surface area contributed by atoms with Crippen molar-refractivity contribution in [3.05, 3.63) is 0 Å². The molecule has 0 spiro atoms. The molecule has 0 aromatic rings. The van der Waals surface area contributed by atoms with E-state index in [0.29, 0.717) is 0 Å². The molecule has 0 radical (unpaired) electrons. The number of amides is 1. The summed E-state index contributed by atoms with van der Waals surface area (Å²) in [7, 11) is -3.51. The Balaban J connectivity index is 4.62. The molecule has 0 bridgehead atoms. The molecular formula is C7H12N2O8S. The van der Waals surface area contributed by atoms with Gasteiger partial charge in [-0.15, -0.1) is 0 Å². The third-order valence-electron chi connectivity index (χ3n) is 1.65. The van der Waals surface area contributed by atoms with Crippen molar-refractivity contribution in [3.8, 4) is 0 Å². The van der Waals surface area contributed by atoms with Crippen LogP contribution in [0.15, 0.2) is 0 Å². The first-order valence-electron chi connectivity index (χ1n) is 4.50. The smallest absolute Gasteiger partial charge is 0.421 e. The maximum absolute atomic E-state index is 11.2. The molecule has 0 saturated carbocycles. The largest absolute Gasteiger partial charge is 0.481 e. The zero-order valence-electron chi connectivity index (χ0n) is 9.24. The van der Waals surface area contributed by atoms with Crippen molar-refractivity contribution >= 4 is 28.2 Å². The molecule has 11 heteroatoms. The third kappa shape index (κ3) is 6.65. The van der Waals surface area contributed by atoms with Gasteiger partial charge in [0.15, 0.2) is 0 Å². The molecule has 10 nitrogen and oxygen atoms in total. The SMILES string of the molecule is COC(=O)NS(=O)(=O)NC(CCC(=O)O)C(=O)O. The van der Waals surface area contributed by atoms with Crippen molar-refractivity contribution in [2.45, 2.75) is 18.9 Å². The Kier molecular flexibility index (Phi) is 6.05. The van der Waals surface area contributed by atoms with Crippen LogP contribution in [0.25, 0.3) is 0 Å². The lowest BCUT2D eigenvalue weighted by Crippen LogP contribution is -2.48. The predicted octanol–water partition coefficient (Wildman–Crippen LogP) is -1.51. The van der Waals surface area contributed by atoms with Crippen molar-refractivity contribution < 1.29 is 37.8 Å². The highest BCUT2D eigenvalue weighted by Gasteiger charge is 2.25. The van der Waals surface area contributed by atoms with Gasteiger partial charge in [-0.05, 0) is 6.42 Å². The summed E-state index contributed by atoms with van der Waals surface area (Å²) >= 11 is 0. The van der Waals surface area contributed by atoms with Crippen LogP contribution in [-0.4, -0.2) is 49.8 Å². The van der Waals surface area contributed by atoms with Crippen LogP contribution in [0, 0.1) is 0 Å². The number of carboxylic acid groups (broad SMARTS) is 2. The molecule has 1 unspecified atom stereocenters. The van der Waals surface area contributed by atoms with Gasteiger partial charge in [0.2, 0.25) is 0 Å². The summed E-state index contributed by atoms with van der Waals surface area (Å²) in [6.45, 7) is 0. The fourth-order valence-electron chi connectivity index (χ4n) is 0.869. The summed E-state index contributed by atoms with van der Waals surface area (Å²) < 4.78 is 29.4. The Bertz CT molecular complexity index is 431. The van der Waals surface area contributed by atoms with Gasteiger partial charge in [0.25, 0.3) is 0 Å². The molecule has 104 valence electrons. The van der Waals surface area contributed by atoms with Crippen molar-refractivity contribution in [2.24, 2.45) is 0 Å². The van der Waals surface area contributed by atoms with E-state index >= 15 is 0 Å². The monoisotopic (exact) mass is 284 g/mol. The van der Waals surface area contributed by atoms with Gasteiger partial charge in [0, 0.05) is 6.42 Å². The third-order valence-corrected chi connectivity index (χ3v) is 2.68. The number of methoxy groups -OCH3 is 1. The van der Waals surface area contributed by atoms with Gasteiger partial charge >= 0.3 is 28.2 Å². The molecule has 0 aromatic heterocycles. The minimum absolute atomic E-state index is 0.466. The summed E-state index contributed by atoms with van der Waals surface area (Å²) in [5.41, 5.74) is 0. The lowest BCUT2D eigenvalue weighted by atomic mass is 10.2. The molecule has 1 amide bonds. The quantitative estimate of drug-likeness (QED) is 0.439. The van der Waals surface area contributed by atoms with Gasteiger partial charge in [-0.2, -0.15) is 13.1 Å².